The van der Waals surface area contributed by atoms with Crippen LogP contribution < -0.4 is 10.5 Å². The third kappa shape index (κ3) is 7.85. The minimum absolute atomic E-state index is 0.0146. The van der Waals surface area contributed by atoms with E-state index in [1.807, 2.05) is 24.3 Å². The van der Waals surface area contributed by atoms with E-state index >= 15 is 0 Å². The number of nitrogens with two attached hydrogens (primary N) is 1. The lowest BCUT2D eigenvalue weighted by Gasteiger charge is -2.07. The van der Waals surface area contributed by atoms with Crippen LogP contribution in [-0.4, -0.2) is 18.9 Å². The van der Waals surface area contributed by atoms with Gasteiger partial charge in [0.15, 0.2) is 0 Å². The number of Topliss-reactive ketones (excluding diaryl/α,β-unsaturated/α-hetero) is 1. The highest BCUT2D eigenvalue weighted by Gasteiger charge is 2.08. The van der Waals surface area contributed by atoms with Gasteiger partial charge in [0.2, 0.25) is 0 Å². The number of methoxy groups -OCH3 is 1. The van der Waals surface area contributed by atoms with Gasteiger partial charge >= 0.3 is 0 Å². The topological polar surface area (TPSA) is 52.3 Å². The summed E-state index contributed by atoms with van der Waals surface area (Å²) in [4.78, 5) is 10.9. The SMILES string of the molecule is CC(C)C.COc1ccc(CC(N)C(C)=O)cc1. The molecule has 0 bridgehead atoms. The van der Waals surface area contributed by atoms with Gasteiger partial charge in [-0.15, -0.1) is 0 Å². The molecule has 2 N–H and O–H groups in total. The summed E-state index contributed by atoms with van der Waals surface area (Å²) in [5, 5.41) is 0. The maximum Gasteiger partial charge on any atom is 0.146 e. The van der Waals surface area contributed by atoms with Crippen LogP contribution in [0.15, 0.2) is 24.3 Å². The van der Waals surface area contributed by atoms with E-state index in [4.69, 9.17) is 10.5 Å². The fourth-order valence-electron chi connectivity index (χ4n) is 1.16. The maximum atomic E-state index is 10.9. The van der Waals surface area contributed by atoms with Gasteiger partial charge in [-0.1, -0.05) is 32.9 Å². The van der Waals surface area contributed by atoms with Gasteiger partial charge in [-0.05, 0) is 37.0 Å². The van der Waals surface area contributed by atoms with Gasteiger partial charge in [0.25, 0.3) is 0 Å². The van der Waals surface area contributed by atoms with Gasteiger partial charge in [-0.2, -0.15) is 0 Å². The average molecular weight is 251 g/mol. The van der Waals surface area contributed by atoms with Crippen LogP contribution in [-0.2, 0) is 11.2 Å². The fraction of sp³-hybridized carbons (Fsp3) is 0.533. The molecule has 0 aliphatic heterocycles. The van der Waals surface area contributed by atoms with Crippen LogP contribution >= 0.6 is 0 Å². The van der Waals surface area contributed by atoms with Gasteiger partial charge in [0.05, 0.1) is 13.2 Å². The largest absolute Gasteiger partial charge is 0.497 e. The van der Waals surface area contributed by atoms with E-state index < -0.39 is 6.04 Å². The minimum atomic E-state index is -0.400. The van der Waals surface area contributed by atoms with E-state index in [1.54, 1.807) is 7.11 Å². The van der Waals surface area contributed by atoms with Gasteiger partial charge in [0.1, 0.15) is 11.5 Å². The number of ether oxygens (including phenoxy) is 1. The molecule has 0 aliphatic carbocycles. The molecule has 1 rings (SSSR count). The van der Waals surface area contributed by atoms with Crippen molar-refractivity contribution in [1.29, 1.82) is 0 Å². The van der Waals surface area contributed by atoms with Crippen LogP contribution in [0.1, 0.15) is 33.3 Å². The molecule has 0 saturated heterocycles. The van der Waals surface area contributed by atoms with Gasteiger partial charge in [0, 0.05) is 0 Å². The average Bonchev–Trinajstić information content (AvgIpc) is 2.29. The Labute approximate surface area is 110 Å². The lowest BCUT2D eigenvalue weighted by Crippen LogP contribution is -2.30. The molecule has 0 saturated carbocycles. The van der Waals surface area contributed by atoms with Gasteiger partial charge < -0.3 is 10.5 Å². The van der Waals surface area contributed by atoms with E-state index in [0.717, 1.165) is 17.2 Å². The van der Waals surface area contributed by atoms with Gasteiger partial charge in [-0.3, -0.25) is 4.79 Å². The highest BCUT2D eigenvalue weighted by molar-refractivity contribution is 5.81. The number of hydrogen-bond acceptors (Lipinski definition) is 3. The Bertz CT molecular complexity index is 341. The number of rotatable bonds is 4. The predicted octanol–water partition coefficient (Wildman–Crippen LogP) is 2.82. The summed E-state index contributed by atoms with van der Waals surface area (Å²) < 4.78 is 5.02. The van der Waals surface area contributed by atoms with Crippen LogP contribution in [0.25, 0.3) is 0 Å². The zero-order valence-electron chi connectivity index (χ0n) is 12.1. The number of hydrogen-bond donors (Lipinski definition) is 1. The molecule has 0 amide bonds. The Morgan fingerprint density at radius 1 is 1.22 bits per heavy atom. The number of carbonyl (C=O) groups is 1. The fourth-order valence-corrected chi connectivity index (χ4v) is 1.16. The summed E-state index contributed by atoms with van der Waals surface area (Å²) in [7, 11) is 1.62. The number of carbonyl (C=O) groups excluding carboxylic acids is 1. The molecule has 3 nitrogen and oxygen atoms in total. The van der Waals surface area contributed by atoms with Crippen molar-refractivity contribution in [2.45, 2.75) is 40.2 Å². The first-order valence-electron chi connectivity index (χ1n) is 6.25. The monoisotopic (exact) mass is 251 g/mol. The molecule has 1 unspecified atom stereocenters. The van der Waals surface area contributed by atoms with Crippen molar-refractivity contribution in [1.82, 2.24) is 0 Å². The Hall–Kier alpha value is -1.35. The molecule has 0 aromatic heterocycles. The maximum absolute atomic E-state index is 10.9. The van der Waals surface area contributed by atoms with E-state index in [-0.39, 0.29) is 5.78 Å². The molecule has 0 heterocycles. The third-order valence-corrected chi connectivity index (χ3v) is 2.14. The first kappa shape index (κ1) is 16.6. The summed E-state index contributed by atoms with van der Waals surface area (Å²) in [6.07, 6.45) is 0.583. The third-order valence-electron chi connectivity index (χ3n) is 2.14. The van der Waals surface area contributed by atoms with Crippen molar-refractivity contribution in [3.8, 4) is 5.75 Å². The van der Waals surface area contributed by atoms with Crippen molar-refractivity contribution in [2.24, 2.45) is 11.7 Å². The summed E-state index contributed by atoms with van der Waals surface area (Å²) in [6, 6.07) is 7.16. The number of benzene rings is 1. The summed E-state index contributed by atoms with van der Waals surface area (Å²) in [5.74, 6) is 1.66. The van der Waals surface area contributed by atoms with E-state index in [0.29, 0.717) is 6.42 Å². The summed E-state index contributed by atoms with van der Waals surface area (Å²) >= 11 is 0. The summed E-state index contributed by atoms with van der Waals surface area (Å²) in [5.41, 5.74) is 6.69. The zero-order chi connectivity index (χ0) is 14.1. The van der Waals surface area contributed by atoms with E-state index in [9.17, 15) is 4.79 Å². The van der Waals surface area contributed by atoms with Crippen molar-refractivity contribution in [3.63, 3.8) is 0 Å². The highest BCUT2D eigenvalue weighted by atomic mass is 16.5. The molecule has 0 aliphatic rings. The molecule has 1 atom stereocenters. The minimum Gasteiger partial charge on any atom is -0.497 e. The van der Waals surface area contributed by atoms with Crippen LogP contribution in [0, 0.1) is 5.92 Å². The standard InChI is InChI=1S/C11H15NO2.C4H10/c1-8(13)11(12)7-9-3-5-10(14-2)6-4-9;1-4(2)3/h3-6,11H,7,12H2,1-2H3;4H,1-3H3. The molecule has 1 aromatic rings. The lowest BCUT2D eigenvalue weighted by molar-refractivity contribution is -0.118. The Morgan fingerprint density at radius 2 is 1.67 bits per heavy atom. The molecule has 0 radical (unpaired) electrons. The second kappa shape index (κ2) is 8.70. The van der Waals surface area contributed by atoms with Crippen molar-refractivity contribution < 1.29 is 9.53 Å². The van der Waals surface area contributed by atoms with E-state index in [1.165, 1.54) is 6.92 Å². The second-order valence-corrected chi connectivity index (χ2v) is 5.00. The Balaban J connectivity index is 0.000000631. The first-order valence-corrected chi connectivity index (χ1v) is 6.25. The molecule has 3 heteroatoms. The van der Waals surface area contributed by atoms with Crippen molar-refractivity contribution >= 4 is 5.78 Å². The van der Waals surface area contributed by atoms with Crippen LogP contribution in [0.5, 0.6) is 5.75 Å². The van der Waals surface area contributed by atoms with E-state index in [2.05, 4.69) is 20.8 Å². The van der Waals surface area contributed by atoms with Gasteiger partial charge in [-0.25, -0.2) is 0 Å². The van der Waals surface area contributed by atoms with Crippen LogP contribution in [0.3, 0.4) is 0 Å². The first-order chi connectivity index (χ1) is 8.36. The Morgan fingerprint density at radius 3 is 2.00 bits per heavy atom. The Kier molecular flexibility index (Phi) is 8.05. The molecular weight excluding hydrogens is 226 g/mol. The molecule has 18 heavy (non-hydrogen) atoms. The lowest BCUT2D eigenvalue weighted by atomic mass is 10.0. The van der Waals surface area contributed by atoms with Crippen LogP contribution in [0.4, 0.5) is 0 Å². The molecule has 1 aromatic carbocycles. The van der Waals surface area contributed by atoms with Crippen LogP contribution in [0.2, 0.25) is 0 Å². The molecule has 0 fully saturated rings. The normalized spacial score (nSPS) is 11.5. The summed E-state index contributed by atoms with van der Waals surface area (Å²) in [6.45, 7) is 8.01. The second-order valence-electron chi connectivity index (χ2n) is 5.00. The number of ketones is 1. The van der Waals surface area contributed by atoms with Crippen molar-refractivity contribution in [3.05, 3.63) is 29.8 Å². The van der Waals surface area contributed by atoms with Crippen molar-refractivity contribution in [2.75, 3.05) is 7.11 Å². The predicted molar refractivity (Wildman–Crippen MR) is 75.9 cm³/mol. The molecule has 0 spiro atoms. The zero-order valence-corrected chi connectivity index (χ0v) is 12.1. The molecule has 102 valence electrons. The smallest absolute Gasteiger partial charge is 0.146 e. The molecular formula is C15H25NO2. The quantitative estimate of drug-likeness (QED) is 0.895. The highest BCUT2D eigenvalue weighted by Crippen LogP contribution is 2.12.